The predicted octanol–water partition coefficient (Wildman–Crippen LogP) is 8.88. The molecule has 0 aromatic rings. The van der Waals surface area contributed by atoms with Gasteiger partial charge in [0.2, 0.25) is 0 Å². The van der Waals surface area contributed by atoms with Gasteiger partial charge in [0, 0.05) is 0 Å². The minimum absolute atomic E-state index is 0.748. The Morgan fingerprint density at radius 1 is 1.15 bits per heavy atom. The zero-order valence-corrected chi connectivity index (χ0v) is 18.6. The maximum Gasteiger partial charge on any atom is -0.0196 e. The second-order valence-corrected chi connectivity index (χ2v) is 8.72. The first-order chi connectivity index (χ1) is 13.1. The number of rotatable bonds is 7. The Morgan fingerprint density at radius 3 is 2.67 bits per heavy atom. The monoisotopic (exact) mass is 366 g/mol. The Morgan fingerprint density at radius 2 is 1.93 bits per heavy atom. The molecule has 0 spiro atoms. The van der Waals surface area contributed by atoms with Gasteiger partial charge < -0.3 is 0 Å². The quantitative estimate of drug-likeness (QED) is 0.395. The van der Waals surface area contributed by atoms with Crippen LogP contribution in [0.2, 0.25) is 0 Å². The molecule has 2 rings (SSSR count). The summed E-state index contributed by atoms with van der Waals surface area (Å²) >= 11 is 0. The molecule has 0 N–H and O–H groups in total. The van der Waals surface area contributed by atoms with Gasteiger partial charge in [0.25, 0.3) is 0 Å². The second-order valence-electron chi connectivity index (χ2n) is 8.72. The molecule has 0 radical (unpaired) electrons. The SMILES string of the molecule is CCC(C)=C(C)C1=C(C)CCCC=C1CCC=CC1CC=CCC(CC)C1. The van der Waals surface area contributed by atoms with Crippen LogP contribution in [0.15, 0.2) is 58.2 Å². The lowest BCUT2D eigenvalue weighted by Crippen LogP contribution is -2.03. The van der Waals surface area contributed by atoms with Gasteiger partial charge >= 0.3 is 0 Å². The molecule has 150 valence electrons. The highest BCUT2D eigenvalue weighted by Crippen LogP contribution is 2.34. The van der Waals surface area contributed by atoms with E-state index in [0.29, 0.717) is 0 Å². The van der Waals surface area contributed by atoms with Gasteiger partial charge in [-0.05, 0) is 107 Å². The van der Waals surface area contributed by atoms with Crippen LogP contribution in [-0.2, 0) is 0 Å². The Labute approximate surface area is 169 Å². The molecule has 2 unspecified atom stereocenters. The van der Waals surface area contributed by atoms with Crippen molar-refractivity contribution in [2.75, 3.05) is 0 Å². The first-order valence-electron chi connectivity index (χ1n) is 11.4. The Hall–Kier alpha value is -1.30. The molecule has 0 heteroatoms. The summed E-state index contributed by atoms with van der Waals surface area (Å²) in [5.74, 6) is 1.63. The Bertz CT molecular complexity index is 620. The molecule has 0 aromatic heterocycles. The standard InChI is InChI=1S/C27H42/c1-6-21(3)23(5)27-22(4)14-8-12-18-26(27)19-13-11-17-25-16-10-9-15-24(7-2)20-25/h9-11,17-18,24-25H,6-8,12-16,19-20H2,1-5H3. The van der Waals surface area contributed by atoms with Crippen molar-refractivity contribution in [3.63, 3.8) is 0 Å². The van der Waals surface area contributed by atoms with Gasteiger partial charge in [0.1, 0.15) is 0 Å². The van der Waals surface area contributed by atoms with Crippen LogP contribution in [0.4, 0.5) is 0 Å². The Kier molecular flexibility index (Phi) is 9.39. The van der Waals surface area contributed by atoms with Crippen molar-refractivity contribution in [2.45, 2.75) is 98.8 Å². The summed E-state index contributed by atoms with van der Waals surface area (Å²) in [4.78, 5) is 0. The van der Waals surface area contributed by atoms with Crippen molar-refractivity contribution in [1.82, 2.24) is 0 Å². The van der Waals surface area contributed by atoms with Crippen molar-refractivity contribution >= 4 is 0 Å². The maximum atomic E-state index is 2.54. The van der Waals surface area contributed by atoms with E-state index in [-0.39, 0.29) is 0 Å². The molecule has 0 nitrogen and oxygen atoms in total. The van der Waals surface area contributed by atoms with Gasteiger partial charge in [-0.1, -0.05) is 61.8 Å². The van der Waals surface area contributed by atoms with E-state index < -0.39 is 0 Å². The molecule has 0 heterocycles. The third-order valence-electron chi connectivity index (χ3n) is 6.72. The summed E-state index contributed by atoms with van der Waals surface area (Å²) in [6.07, 6.45) is 24.9. The molecule has 0 aromatic carbocycles. The van der Waals surface area contributed by atoms with Crippen LogP contribution in [0.1, 0.15) is 98.8 Å². The zero-order chi connectivity index (χ0) is 19.6. The number of hydrogen-bond acceptors (Lipinski definition) is 0. The van der Waals surface area contributed by atoms with Crippen LogP contribution in [-0.4, -0.2) is 0 Å². The van der Waals surface area contributed by atoms with E-state index in [4.69, 9.17) is 0 Å². The lowest BCUT2D eigenvalue weighted by Gasteiger charge is -2.18. The summed E-state index contributed by atoms with van der Waals surface area (Å²) in [5, 5.41) is 0. The van der Waals surface area contributed by atoms with Crippen LogP contribution in [0.25, 0.3) is 0 Å². The second kappa shape index (κ2) is 11.5. The molecular weight excluding hydrogens is 324 g/mol. The number of allylic oxidation sites excluding steroid dienone is 10. The molecule has 0 amide bonds. The molecule has 2 aliphatic carbocycles. The van der Waals surface area contributed by atoms with Crippen LogP contribution in [0, 0.1) is 11.8 Å². The maximum absolute atomic E-state index is 2.54. The summed E-state index contributed by atoms with van der Waals surface area (Å²) in [6.45, 7) is 11.6. The van der Waals surface area contributed by atoms with E-state index in [0.717, 1.165) is 18.3 Å². The molecule has 0 bridgehead atoms. The highest BCUT2D eigenvalue weighted by Gasteiger charge is 2.16. The van der Waals surface area contributed by atoms with Crippen LogP contribution >= 0.6 is 0 Å². The van der Waals surface area contributed by atoms with Crippen molar-refractivity contribution in [2.24, 2.45) is 11.8 Å². The average Bonchev–Trinajstić information content (AvgIpc) is 3.02. The van der Waals surface area contributed by atoms with Crippen molar-refractivity contribution in [1.29, 1.82) is 0 Å². The van der Waals surface area contributed by atoms with E-state index in [1.54, 1.807) is 22.3 Å². The molecule has 0 aliphatic heterocycles. The van der Waals surface area contributed by atoms with Gasteiger partial charge in [-0.3, -0.25) is 0 Å². The van der Waals surface area contributed by atoms with E-state index in [9.17, 15) is 0 Å². The first-order valence-corrected chi connectivity index (χ1v) is 11.4. The molecule has 27 heavy (non-hydrogen) atoms. The largest absolute Gasteiger partial charge is 0.0882 e. The zero-order valence-electron chi connectivity index (χ0n) is 18.6. The van der Waals surface area contributed by atoms with E-state index in [1.165, 1.54) is 63.4 Å². The van der Waals surface area contributed by atoms with Gasteiger partial charge in [-0.15, -0.1) is 0 Å². The predicted molar refractivity (Wildman–Crippen MR) is 122 cm³/mol. The summed E-state index contributed by atoms with van der Waals surface area (Å²) in [6, 6.07) is 0. The fraction of sp³-hybridized carbons (Fsp3) is 0.630. The minimum Gasteiger partial charge on any atom is -0.0882 e. The lowest BCUT2D eigenvalue weighted by molar-refractivity contribution is 0.420. The summed E-state index contributed by atoms with van der Waals surface area (Å²) < 4.78 is 0. The van der Waals surface area contributed by atoms with E-state index >= 15 is 0 Å². The molecule has 0 saturated heterocycles. The normalized spacial score (nSPS) is 25.3. The topological polar surface area (TPSA) is 0 Å². The fourth-order valence-electron chi connectivity index (χ4n) is 4.61. The van der Waals surface area contributed by atoms with E-state index in [2.05, 4.69) is 65.0 Å². The van der Waals surface area contributed by atoms with Gasteiger partial charge in [-0.25, -0.2) is 0 Å². The lowest BCUT2D eigenvalue weighted by atomic mass is 9.87. The van der Waals surface area contributed by atoms with Gasteiger partial charge in [-0.2, -0.15) is 0 Å². The third kappa shape index (κ3) is 6.66. The third-order valence-corrected chi connectivity index (χ3v) is 6.72. The summed E-state index contributed by atoms with van der Waals surface area (Å²) in [5.41, 5.74) is 7.87. The minimum atomic E-state index is 0.748. The number of hydrogen-bond donors (Lipinski definition) is 0. The first kappa shape index (κ1) is 22.0. The highest BCUT2D eigenvalue weighted by molar-refractivity contribution is 5.51. The van der Waals surface area contributed by atoms with Crippen LogP contribution in [0.3, 0.4) is 0 Å². The highest BCUT2D eigenvalue weighted by atomic mass is 14.2. The van der Waals surface area contributed by atoms with Crippen molar-refractivity contribution in [3.05, 3.63) is 58.2 Å². The van der Waals surface area contributed by atoms with E-state index in [1.807, 2.05) is 0 Å². The Balaban J connectivity index is 2.03. The fourth-order valence-corrected chi connectivity index (χ4v) is 4.61. The molecule has 2 aliphatic rings. The molecule has 2 atom stereocenters. The van der Waals surface area contributed by atoms with Crippen LogP contribution in [0.5, 0.6) is 0 Å². The smallest absolute Gasteiger partial charge is 0.0196 e. The summed E-state index contributed by atoms with van der Waals surface area (Å²) in [7, 11) is 0. The molecular formula is C27H42. The average molecular weight is 367 g/mol. The van der Waals surface area contributed by atoms with Crippen LogP contribution < -0.4 is 0 Å². The van der Waals surface area contributed by atoms with Gasteiger partial charge in [0.05, 0.1) is 0 Å². The molecule has 0 fully saturated rings. The van der Waals surface area contributed by atoms with Crippen molar-refractivity contribution in [3.8, 4) is 0 Å². The molecule has 0 saturated carbocycles. The van der Waals surface area contributed by atoms with Gasteiger partial charge in [0.15, 0.2) is 0 Å². The van der Waals surface area contributed by atoms with Crippen molar-refractivity contribution < 1.29 is 0 Å².